The fourth-order valence-corrected chi connectivity index (χ4v) is 7.69. The Bertz CT molecular complexity index is 1070. The van der Waals surface area contributed by atoms with Gasteiger partial charge in [0, 0.05) is 19.5 Å². The van der Waals surface area contributed by atoms with E-state index in [9.17, 15) is 29.7 Å². The summed E-state index contributed by atoms with van der Waals surface area (Å²) in [6, 6.07) is -2.10. The van der Waals surface area contributed by atoms with Crippen LogP contribution >= 0.6 is 0 Å². The molecule has 340 valence electrons. The molecule has 1 aliphatic rings. The summed E-state index contributed by atoms with van der Waals surface area (Å²) in [4.78, 5) is 41.2. The maximum Gasteiger partial charge on any atom is 0.239 e. The van der Waals surface area contributed by atoms with Crippen LogP contribution in [-0.4, -0.2) is 107 Å². The Morgan fingerprint density at radius 1 is 0.690 bits per heavy atom. The topological polar surface area (TPSA) is 236 Å². The highest BCUT2D eigenvalue weighted by molar-refractivity contribution is 5.87. The Hall–Kier alpha value is -2.52. The molecule has 14 heteroatoms. The van der Waals surface area contributed by atoms with Gasteiger partial charge in [-0.05, 0) is 25.7 Å². The lowest BCUT2D eigenvalue weighted by molar-refractivity contribution is -0.231. The van der Waals surface area contributed by atoms with Crippen molar-refractivity contribution in [1.29, 1.82) is 5.41 Å². The van der Waals surface area contributed by atoms with Crippen molar-refractivity contribution in [1.82, 2.24) is 20.9 Å². The van der Waals surface area contributed by atoms with Gasteiger partial charge in [-0.1, -0.05) is 162 Å². The molecule has 11 N–H and O–H groups in total. The Morgan fingerprint density at radius 2 is 1.16 bits per heavy atom. The van der Waals surface area contributed by atoms with Crippen LogP contribution in [0.5, 0.6) is 0 Å². The number of rotatable bonds is 37. The zero-order valence-corrected chi connectivity index (χ0v) is 36.7. The normalized spacial score (nSPS) is 19.7. The van der Waals surface area contributed by atoms with Crippen molar-refractivity contribution in [2.24, 2.45) is 11.5 Å². The summed E-state index contributed by atoms with van der Waals surface area (Å²) in [6.45, 7) is 4.16. The average molecular weight is 826 g/mol. The molecular weight excluding hydrogens is 739 g/mol. The summed E-state index contributed by atoms with van der Waals surface area (Å²) in [5, 5.41) is 47.2. The van der Waals surface area contributed by atoms with Crippen molar-refractivity contribution in [3.63, 3.8) is 0 Å². The third-order valence-corrected chi connectivity index (χ3v) is 11.4. The van der Waals surface area contributed by atoms with Gasteiger partial charge in [-0.25, -0.2) is 0 Å². The summed E-state index contributed by atoms with van der Waals surface area (Å²) in [7, 11) is 0. The van der Waals surface area contributed by atoms with E-state index < -0.39 is 61.6 Å². The number of nitrogens with two attached hydrogens (primary N) is 2. The number of aliphatic hydroxyl groups is 3. The monoisotopic (exact) mass is 826 g/mol. The number of hydrogen-bond donors (Lipinski definition) is 9. The maximum absolute atomic E-state index is 13.9. The summed E-state index contributed by atoms with van der Waals surface area (Å²) in [5.74, 6) is -1.53. The molecule has 3 amide bonds. The van der Waals surface area contributed by atoms with E-state index in [2.05, 4.69) is 29.8 Å². The predicted molar refractivity (Wildman–Crippen MR) is 233 cm³/mol. The molecule has 0 aromatic carbocycles. The number of aliphatic hydroxyl groups excluding tert-OH is 3. The highest BCUT2D eigenvalue weighted by atomic mass is 16.5. The highest BCUT2D eigenvalue weighted by Crippen LogP contribution is 2.26. The van der Waals surface area contributed by atoms with Crippen LogP contribution in [0.3, 0.4) is 0 Å². The first-order valence-corrected chi connectivity index (χ1v) is 23.4. The third-order valence-electron chi connectivity index (χ3n) is 11.4. The molecule has 0 aromatic heterocycles. The Labute approximate surface area is 351 Å². The van der Waals surface area contributed by atoms with Crippen LogP contribution < -0.4 is 27.4 Å². The molecule has 1 heterocycles. The second kappa shape index (κ2) is 35.3. The first-order valence-electron chi connectivity index (χ1n) is 23.4. The van der Waals surface area contributed by atoms with E-state index in [1.165, 1.54) is 109 Å². The highest BCUT2D eigenvalue weighted by Gasteiger charge is 2.48. The SMILES string of the molecule is CCCCCCCCCCCCCCCCCCN(C(=O)CCCCCCCCCCC)[C@@H]1O[C@H](CO)[C@@H](O)[C@H](O)[C@H]1NC(=O)CNC(=O)[C@@H](N)CCCNC(=N)N. The van der Waals surface area contributed by atoms with Crippen molar-refractivity contribution in [3.8, 4) is 0 Å². The van der Waals surface area contributed by atoms with Gasteiger partial charge in [-0.3, -0.25) is 19.8 Å². The largest absolute Gasteiger partial charge is 0.394 e. The lowest BCUT2D eigenvalue weighted by Gasteiger charge is -2.47. The van der Waals surface area contributed by atoms with Gasteiger partial charge in [0.15, 0.2) is 12.2 Å². The van der Waals surface area contributed by atoms with Crippen molar-refractivity contribution in [2.45, 2.75) is 230 Å². The van der Waals surface area contributed by atoms with E-state index in [4.69, 9.17) is 21.6 Å². The van der Waals surface area contributed by atoms with E-state index in [-0.39, 0.29) is 18.3 Å². The molecule has 0 saturated carbocycles. The fraction of sp³-hybridized carbons (Fsp3) is 0.909. The van der Waals surface area contributed by atoms with Gasteiger partial charge in [0.25, 0.3) is 0 Å². The number of carbonyl (C=O) groups excluding carboxylic acids is 3. The average Bonchev–Trinajstić information content (AvgIpc) is 3.21. The molecule has 14 nitrogen and oxygen atoms in total. The zero-order valence-electron chi connectivity index (χ0n) is 36.7. The van der Waals surface area contributed by atoms with Crippen LogP contribution in [0.4, 0.5) is 0 Å². The lowest BCUT2D eigenvalue weighted by atomic mass is 9.94. The van der Waals surface area contributed by atoms with Gasteiger partial charge in [-0.15, -0.1) is 0 Å². The number of ether oxygens (including phenoxy) is 1. The first-order chi connectivity index (χ1) is 28.1. The van der Waals surface area contributed by atoms with Crippen molar-refractivity contribution in [2.75, 3.05) is 26.2 Å². The number of amides is 3. The van der Waals surface area contributed by atoms with E-state index in [1.807, 2.05) is 0 Å². The lowest BCUT2D eigenvalue weighted by Crippen LogP contribution is -2.69. The van der Waals surface area contributed by atoms with Crippen LogP contribution in [0.1, 0.15) is 194 Å². The summed E-state index contributed by atoms with van der Waals surface area (Å²) < 4.78 is 6.11. The maximum atomic E-state index is 13.9. The second-order valence-electron chi connectivity index (χ2n) is 16.6. The number of guanidine groups is 1. The Morgan fingerprint density at radius 3 is 1.62 bits per heavy atom. The van der Waals surface area contributed by atoms with Gasteiger partial charge in [0.1, 0.15) is 24.4 Å². The van der Waals surface area contributed by atoms with Crippen LogP contribution in [0, 0.1) is 5.41 Å². The number of nitrogens with one attached hydrogen (secondary N) is 4. The minimum Gasteiger partial charge on any atom is -0.394 e. The molecule has 1 fully saturated rings. The molecular formula is C44H87N7O7. The molecule has 6 atom stereocenters. The predicted octanol–water partition coefficient (Wildman–Crippen LogP) is 5.63. The van der Waals surface area contributed by atoms with Crippen LogP contribution in [0.2, 0.25) is 0 Å². The summed E-state index contributed by atoms with van der Waals surface area (Å²) in [5.41, 5.74) is 11.3. The standard InChI is InChI=1S/C44H87N7O7/c1-3-5-7-9-11-13-14-15-16-17-18-19-21-23-25-27-32-51(38(54)30-26-24-22-20-12-10-8-6-4-2)43-39(41(56)40(55)36(34-52)58-43)50-37(53)33-49-42(57)35(45)29-28-31-48-44(46)47/h35-36,39-41,43,52,55-56H,3-34,45H2,1-2H3,(H,49,57)(H,50,53)(H4,46,47,48)/t35-,36+,39+,40+,41+,43+/m0/s1. The quantitative estimate of drug-likeness (QED) is 0.0213. The van der Waals surface area contributed by atoms with Gasteiger partial charge >= 0.3 is 0 Å². The van der Waals surface area contributed by atoms with E-state index >= 15 is 0 Å². The van der Waals surface area contributed by atoms with Crippen LogP contribution in [0.15, 0.2) is 0 Å². The van der Waals surface area contributed by atoms with Crippen molar-refractivity contribution < 1.29 is 34.4 Å². The summed E-state index contributed by atoms with van der Waals surface area (Å²) in [6.07, 6.45) is 25.4. The van der Waals surface area contributed by atoms with Gasteiger partial charge < -0.3 is 52.4 Å². The Balaban J connectivity index is 2.79. The van der Waals surface area contributed by atoms with E-state index in [1.54, 1.807) is 4.90 Å². The van der Waals surface area contributed by atoms with Gasteiger partial charge in [-0.2, -0.15) is 0 Å². The van der Waals surface area contributed by atoms with E-state index in [0.29, 0.717) is 38.8 Å². The van der Waals surface area contributed by atoms with Crippen LogP contribution in [-0.2, 0) is 19.1 Å². The smallest absolute Gasteiger partial charge is 0.239 e. The molecule has 0 aromatic rings. The third kappa shape index (κ3) is 25.2. The number of carbonyl (C=O) groups is 3. The molecule has 58 heavy (non-hydrogen) atoms. The molecule has 0 radical (unpaired) electrons. The fourth-order valence-electron chi connectivity index (χ4n) is 7.69. The van der Waals surface area contributed by atoms with E-state index in [0.717, 1.165) is 38.5 Å². The van der Waals surface area contributed by atoms with Gasteiger partial charge in [0.05, 0.1) is 19.2 Å². The number of unbranched alkanes of at least 4 members (excludes halogenated alkanes) is 23. The van der Waals surface area contributed by atoms with Crippen molar-refractivity contribution >= 4 is 23.7 Å². The molecule has 0 unspecified atom stereocenters. The molecule has 0 spiro atoms. The molecule has 0 bridgehead atoms. The van der Waals surface area contributed by atoms with Crippen LogP contribution in [0.25, 0.3) is 0 Å². The molecule has 1 aliphatic heterocycles. The first kappa shape index (κ1) is 53.5. The Kier molecular flexibility index (Phi) is 32.5. The molecule has 1 rings (SSSR count). The second-order valence-corrected chi connectivity index (χ2v) is 16.6. The number of nitrogens with zero attached hydrogens (tertiary/aromatic N) is 1. The minimum atomic E-state index is -1.54. The summed E-state index contributed by atoms with van der Waals surface area (Å²) >= 11 is 0. The van der Waals surface area contributed by atoms with Gasteiger partial charge in [0.2, 0.25) is 17.7 Å². The molecule has 1 saturated heterocycles. The molecule has 0 aliphatic carbocycles. The van der Waals surface area contributed by atoms with Crippen molar-refractivity contribution in [3.05, 3.63) is 0 Å². The zero-order chi connectivity index (χ0) is 42.8. The minimum absolute atomic E-state index is 0.160. The number of hydrogen-bond acceptors (Lipinski definition) is 9.